The molecule has 166 valence electrons. The number of nitrogens with one attached hydrogen (secondary N) is 2. The molecule has 4 N–H and O–H groups in total. The zero-order valence-electron chi connectivity index (χ0n) is 18.1. The van der Waals surface area contributed by atoms with Crippen molar-refractivity contribution in [2.75, 3.05) is 20.2 Å². The van der Waals surface area contributed by atoms with Gasteiger partial charge in [-0.2, -0.15) is 5.10 Å². The lowest BCUT2D eigenvalue weighted by Crippen LogP contribution is -2.53. The van der Waals surface area contributed by atoms with Gasteiger partial charge in [-0.05, 0) is 49.1 Å². The van der Waals surface area contributed by atoms with E-state index in [0.717, 1.165) is 18.5 Å². The molecule has 1 aromatic heterocycles. The van der Waals surface area contributed by atoms with Gasteiger partial charge in [0.15, 0.2) is 0 Å². The molecule has 0 unspecified atom stereocenters. The fourth-order valence-electron chi connectivity index (χ4n) is 3.78. The van der Waals surface area contributed by atoms with E-state index < -0.39 is 11.9 Å². The second-order valence-electron chi connectivity index (χ2n) is 8.12. The third-order valence-electron chi connectivity index (χ3n) is 5.59. The molecule has 3 amide bonds. The fraction of sp³-hybridized carbons (Fsp3) is 0.455. The minimum absolute atomic E-state index is 0.0309. The molecule has 1 aliphatic rings. The number of primary amides is 1. The summed E-state index contributed by atoms with van der Waals surface area (Å²) in [6, 6.07) is 7.76. The summed E-state index contributed by atoms with van der Waals surface area (Å²) in [6.45, 7) is 4.92. The van der Waals surface area contributed by atoms with Crippen molar-refractivity contribution < 1.29 is 19.1 Å². The van der Waals surface area contributed by atoms with E-state index in [2.05, 4.69) is 15.5 Å². The second-order valence-corrected chi connectivity index (χ2v) is 8.12. The van der Waals surface area contributed by atoms with Gasteiger partial charge in [0.2, 0.25) is 5.91 Å². The summed E-state index contributed by atoms with van der Waals surface area (Å²) in [6.07, 6.45) is 1.69. The lowest BCUT2D eigenvalue weighted by molar-refractivity contribution is -0.135. The van der Waals surface area contributed by atoms with Crippen molar-refractivity contribution >= 4 is 17.7 Å². The number of aromatic nitrogens is 2. The van der Waals surface area contributed by atoms with E-state index >= 15 is 0 Å². The zero-order valence-corrected chi connectivity index (χ0v) is 18.1. The summed E-state index contributed by atoms with van der Waals surface area (Å²) in [5.41, 5.74) is 6.72. The highest BCUT2D eigenvalue weighted by molar-refractivity contribution is 5.97. The molecule has 1 fully saturated rings. The van der Waals surface area contributed by atoms with Gasteiger partial charge < -0.3 is 20.7 Å². The van der Waals surface area contributed by atoms with Gasteiger partial charge >= 0.3 is 0 Å². The van der Waals surface area contributed by atoms with Crippen LogP contribution in [-0.2, 0) is 4.79 Å². The average molecular weight is 428 g/mol. The SMILES string of the molecule is COc1ccc(C(=O)N[C@H](C(=O)N2CCC[C@H](c3cc(C(N)=O)n[nH]3)C2)C(C)C)cc1. The Hall–Kier alpha value is -3.36. The van der Waals surface area contributed by atoms with Gasteiger partial charge in [0.25, 0.3) is 11.8 Å². The summed E-state index contributed by atoms with van der Waals surface area (Å²) in [4.78, 5) is 39.1. The number of rotatable bonds is 7. The van der Waals surface area contributed by atoms with Crippen molar-refractivity contribution in [1.29, 1.82) is 0 Å². The highest BCUT2D eigenvalue weighted by Gasteiger charge is 2.33. The lowest BCUT2D eigenvalue weighted by Gasteiger charge is -2.35. The third-order valence-corrected chi connectivity index (χ3v) is 5.59. The molecule has 2 heterocycles. The Bertz CT molecular complexity index is 938. The number of amides is 3. The molecule has 0 bridgehead atoms. The van der Waals surface area contributed by atoms with Crippen molar-refractivity contribution in [2.45, 2.75) is 38.6 Å². The van der Waals surface area contributed by atoms with Crippen molar-refractivity contribution in [3.63, 3.8) is 0 Å². The van der Waals surface area contributed by atoms with Gasteiger partial charge in [-0.25, -0.2) is 0 Å². The van der Waals surface area contributed by atoms with Gasteiger partial charge in [0, 0.05) is 30.3 Å². The predicted octanol–water partition coefficient (Wildman–Crippen LogP) is 1.68. The smallest absolute Gasteiger partial charge is 0.269 e. The molecule has 31 heavy (non-hydrogen) atoms. The van der Waals surface area contributed by atoms with E-state index in [9.17, 15) is 14.4 Å². The van der Waals surface area contributed by atoms with Crippen LogP contribution >= 0.6 is 0 Å². The molecular formula is C22H29N5O4. The molecule has 9 heteroatoms. The standard InChI is InChI=1S/C22H29N5O4/c1-13(2)19(24-21(29)14-6-8-16(31-3)9-7-14)22(30)27-10-4-5-15(12-27)17-11-18(20(23)28)26-25-17/h6-9,11,13,15,19H,4-5,10,12H2,1-3H3,(H2,23,28)(H,24,29)(H,25,26)/t15-,19-/m0/s1. The van der Waals surface area contributed by atoms with Crippen molar-refractivity contribution in [3.05, 3.63) is 47.3 Å². The van der Waals surface area contributed by atoms with Crippen LogP contribution in [0.25, 0.3) is 0 Å². The van der Waals surface area contributed by atoms with Crippen molar-refractivity contribution in [1.82, 2.24) is 20.4 Å². The summed E-state index contributed by atoms with van der Waals surface area (Å²) in [5, 5.41) is 9.69. The molecule has 0 saturated carbocycles. The molecule has 1 saturated heterocycles. The Labute approximate surface area is 181 Å². The molecule has 1 aliphatic heterocycles. The minimum Gasteiger partial charge on any atom is -0.497 e. The quantitative estimate of drug-likeness (QED) is 0.619. The summed E-state index contributed by atoms with van der Waals surface area (Å²) >= 11 is 0. The van der Waals surface area contributed by atoms with Crippen LogP contribution in [0.2, 0.25) is 0 Å². The molecular weight excluding hydrogens is 398 g/mol. The molecule has 0 radical (unpaired) electrons. The number of hydrogen-bond donors (Lipinski definition) is 3. The van der Waals surface area contributed by atoms with E-state index in [1.54, 1.807) is 42.3 Å². The van der Waals surface area contributed by atoms with Crippen LogP contribution in [0, 0.1) is 5.92 Å². The number of H-pyrrole nitrogens is 1. The number of nitrogens with zero attached hydrogens (tertiary/aromatic N) is 2. The maximum absolute atomic E-state index is 13.3. The van der Waals surface area contributed by atoms with E-state index in [1.165, 1.54) is 0 Å². The monoisotopic (exact) mass is 427 g/mol. The van der Waals surface area contributed by atoms with Crippen LogP contribution in [0.3, 0.4) is 0 Å². The number of hydrogen-bond acceptors (Lipinski definition) is 5. The number of carbonyl (C=O) groups is 3. The first-order valence-corrected chi connectivity index (χ1v) is 10.4. The Morgan fingerprint density at radius 1 is 1.26 bits per heavy atom. The van der Waals surface area contributed by atoms with Crippen LogP contribution in [0.5, 0.6) is 5.75 Å². The average Bonchev–Trinajstić information content (AvgIpc) is 3.27. The van der Waals surface area contributed by atoms with Gasteiger partial charge in [0.1, 0.15) is 17.5 Å². The van der Waals surface area contributed by atoms with Gasteiger partial charge in [-0.15, -0.1) is 0 Å². The number of benzene rings is 1. The van der Waals surface area contributed by atoms with Gasteiger partial charge in [-0.3, -0.25) is 19.5 Å². The molecule has 1 aromatic carbocycles. The first kappa shape index (κ1) is 22.3. The van der Waals surface area contributed by atoms with Crippen LogP contribution < -0.4 is 15.8 Å². The van der Waals surface area contributed by atoms with Crippen molar-refractivity contribution in [2.24, 2.45) is 11.7 Å². The molecule has 0 aliphatic carbocycles. The van der Waals surface area contributed by atoms with E-state index in [0.29, 0.717) is 24.4 Å². The molecule has 3 rings (SSSR count). The predicted molar refractivity (Wildman–Crippen MR) is 115 cm³/mol. The Balaban J connectivity index is 1.69. The van der Waals surface area contributed by atoms with E-state index in [4.69, 9.17) is 10.5 Å². The third kappa shape index (κ3) is 5.22. The number of nitrogens with two attached hydrogens (primary N) is 1. The topological polar surface area (TPSA) is 130 Å². The highest BCUT2D eigenvalue weighted by atomic mass is 16.5. The second kappa shape index (κ2) is 9.63. The number of likely N-dealkylation sites (tertiary alicyclic amines) is 1. The molecule has 2 aromatic rings. The lowest BCUT2D eigenvalue weighted by atomic mass is 9.93. The van der Waals surface area contributed by atoms with E-state index in [-0.39, 0.29) is 29.3 Å². The summed E-state index contributed by atoms with van der Waals surface area (Å²) < 4.78 is 5.12. The number of carbonyl (C=O) groups excluding carboxylic acids is 3. The first-order valence-electron chi connectivity index (χ1n) is 10.4. The Kier molecular flexibility index (Phi) is 6.94. The van der Waals surface area contributed by atoms with E-state index in [1.807, 2.05) is 13.8 Å². The number of piperidine rings is 1. The minimum atomic E-state index is -0.642. The summed E-state index contributed by atoms with van der Waals surface area (Å²) in [5.74, 6) is -0.399. The molecule has 9 nitrogen and oxygen atoms in total. The molecule has 0 spiro atoms. The van der Waals surface area contributed by atoms with Crippen LogP contribution in [0.15, 0.2) is 30.3 Å². The fourth-order valence-corrected chi connectivity index (χ4v) is 3.78. The van der Waals surface area contributed by atoms with Crippen LogP contribution in [0.1, 0.15) is 59.1 Å². The van der Waals surface area contributed by atoms with Crippen LogP contribution in [-0.4, -0.2) is 59.1 Å². The van der Waals surface area contributed by atoms with Crippen molar-refractivity contribution in [3.8, 4) is 5.75 Å². The largest absolute Gasteiger partial charge is 0.497 e. The maximum Gasteiger partial charge on any atom is 0.269 e. The maximum atomic E-state index is 13.3. The Morgan fingerprint density at radius 2 is 1.97 bits per heavy atom. The zero-order chi connectivity index (χ0) is 22.5. The number of ether oxygens (including phenoxy) is 1. The number of aromatic amines is 1. The number of methoxy groups -OCH3 is 1. The first-order chi connectivity index (χ1) is 14.8. The van der Waals surface area contributed by atoms with Crippen LogP contribution in [0.4, 0.5) is 0 Å². The molecule has 2 atom stereocenters. The van der Waals surface area contributed by atoms with Gasteiger partial charge in [0.05, 0.1) is 7.11 Å². The Morgan fingerprint density at radius 3 is 2.55 bits per heavy atom. The normalized spacial score (nSPS) is 17.3. The highest BCUT2D eigenvalue weighted by Crippen LogP contribution is 2.27. The van der Waals surface area contributed by atoms with Gasteiger partial charge in [-0.1, -0.05) is 13.8 Å². The summed E-state index contributed by atoms with van der Waals surface area (Å²) in [7, 11) is 1.56.